The van der Waals surface area contributed by atoms with E-state index in [1.54, 1.807) is 7.11 Å². The van der Waals surface area contributed by atoms with Crippen LogP contribution in [0.2, 0.25) is 0 Å². The first-order valence-corrected chi connectivity index (χ1v) is 6.85. The molecule has 0 aromatic carbocycles. The molecule has 1 rings (SSSR count). The number of nitrogens with one attached hydrogen (secondary N) is 1. The van der Waals surface area contributed by atoms with E-state index in [2.05, 4.69) is 34.2 Å². The Kier molecular flexibility index (Phi) is 5.69. The molecule has 0 amide bonds. The number of aryl methyl sites for hydroxylation is 2. The van der Waals surface area contributed by atoms with Crippen LogP contribution in [0.4, 0.5) is 5.95 Å². The van der Waals surface area contributed by atoms with Gasteiger partial charge in [0.2, 0.25) is 5.95 Å². The summed E-state index contributed by atoms with van der Waals surface area (Å²) in [5, 5.41) is 3.36. The highest BCUT2D eigenvalue weighted by Gasteiger charge is 2.08. The molecule has 0 aliphatic carbocycles. The number of aromatic nitrogens is 2. The van der Waals surface area contributed by atoms with Crippen LogP contribution >= 0.6 is 11.8 Å². The van der Waals surface area contributed by atoms with E-state index in [-0.39, 0.29) is 6.04 Å². The molecular weight excluding hydrogens is 222 g/mol. The van der Waals surface area contributed by atoms with Crippen molar-refractivity contribution in [2.24, 2.45) is 0 Å². The van der Waals surface area contributed by atoms with E-state index >= 15 is 0 Å². The van der Waals surface area contributed by atoms with Gasteiger partial charge >= 0.3 is 0 Å². The highest BCUT2D eigenvalue weighted by Crippen LogP contribution is 2.11. The summed E-state index contributed by atoms with van der Waals surface area (Å²) in [7, 11) is 1.71. The first-order valence-electron chi connectivity index (χ1n) is 5.45. The zero-order valence-corrected chi connectivity index (χ0v) is 11.3. The number of hydrogen-bond acceptors (Lipinski definition) is 4. The van der Waals surface area contributed by atoms with Gasteiger partial charge in [0.15, 0.2) is 0 Å². The van der Waals surface area contributed by atoms with Gasteiger partial charge in [0.1, 0.15) is 0 Å². The van der Waals surface area contributed by atoms with E-state index in [1.807, 2.05) is 18.7 Å². The number of rotatable bonds is 7. The van der Waals surface area contributed by atoms with Crippen molar-refractivity contribution in [3.8, 4) is 0 Å². The molecule has 0 fully saturated rings. The summed E-state index contributed by atoms with van der Waals surface area (Å²) in [5.74, 6) is 2.04. The van der Waals surface area contributed by atoms with Gasteiger partial charge < -0.3 is 14.6 Å². The van der Waals surface area contributed by atoms with Gasteiger partial charge in [0.05, 0.1) is 12.3 Å². The molecular formula is C11H21N3OS. The third-order valence-corrected chi connectivity index (χ3v) is 2.82. The minimum Gasteiger partial charge on any atom is -0.383 e. The van der Waals surface area contributed by atoms with Gasteiger partial charge in [0.25, 0.3) is 0 Å². The first-order chi connectivity index (χ1) is 7.67. The maximum atomic E-state index is 5.10. The van der Waals surface area contributed by atoms with Gasteiger partial charge in [-0.15, -0.1) is 0 Å². The Morgan fingerprint density at radius 3 is 3.00 bits per heavy atom. The summed E-state index contributed by atoms with van der Waals surface area (Å²) in [6.07, 6.45) is 4.20. The van der Waals surface area contributed by atoms with Gasteiger partial charge in [-0.3, -0.25) is 0 Å². The Hall–Kier alpha value is -0.680. The molecule has 1 heterocycles. The number of ether oxygens (including phenoxy) is 1. The predicted molar refractivity (Wildman–Crippen MR) is 70.3 cm³/mol. The second kappa shape index (κ2) is 6.81. The van der Waals surface area contributed by atoms with Crippen LogP contribution in [-0.4, -0.2) is 41.3 Å². The van der Waals surface area contributed by atoms with Gasteiger partial charge in [-0.05, 0) is 20.1 Å². The van der Waals surface area contributed by atoms with Crippen molar-refractivity contribution in [2.45, 2.75) is 26.4 Å². The fourth-order valence-electron chi connectivity index (χ4n) is 1.53. The van der Waals surface area contributed by atoms with Crippen molar-refractivity contribution in [3.05, 3.63) is 11.9 Å². The van der Waals surface area contributed by atoms with Crippen LogP contribution in [0.15, 0.2) is 6.20 Å². The number of imidazole rings is 1. The second-order valence-electron chi connectivity index (χ2n) is 3.89. The summed E-state index contributed by atoms with van der Waals surface area (Å²) in [4.78, 5) is 4.47. The van der Waals surface area contributed by atoms with Crippen LogP contribution in [0, 0.1) is 6.92 Å². The lowest BCUT2D eigenvalue weighted by Gasteiger charge is -2.14. The second-order valence-corrected chi connectivity index (χ2v) is 4.88. The molecule has 0 aliphatic rings. The SMILES string of the molecule is COCC(C)Nc1nc(C)cn1CCSC. The summed E-state index contributed by atoms with van der Waals surface area (Å²) >= 11 is 1.84. The highest BCUT2D eigenvalue weighted by molar-refractivity contribution is 7.98. The average Bonchev–Trinajstić information content (AvgIpc) is 2.56. The van der Waals surface area contributed by atoms with Crippen molar-refractivity contribution in [3.63, 3.8) is 0 Å². The molecule has 0 spiro atoms. The number of hydrogen-bond donors (Lipinski definition) is 1. The summed E-state index contributed by atoms with van der Waals surface area (Å²) in [6.45, 7) is 5.78. The number of methoxy groups -OCH3 is 1. The molecule has 16 heavy (non-hydrogen) atoms. The van der Waals surface area contributed by atoms with Crippen molar-refractivity contribution < 1.29 is 4.74 Å². The molecule has 0 saturated carbocycles. The van der Waals surface area contributed by atoms with Crippen molar-refractivity contribution in [1.82, 2.24) is 9.55 Å². The summed E-state index contributed by atoms with van der Waals surface area (Å²) in [5.41, 5.74) is 1.05. The molecule has 92 valence electrons. The zero-order valence-electron chi connectivity index (χ0n) is 10.5. The molecule has 1 aromatic heterocycles. The minimum atomic E-state index is 0.278. The third kappa shape index (κ3) is 4.06. The Morgan fingerprint density at radius 2 is 2.38 bits per heavy atom. The van der Waals surface area contributed by atoms with Crippen LogP contribution in [0.1, 0.15) is 12.6 Å². The zero-order chi connectivity index (χ0) is 12.0. The smallest absolute Gasteiger partial charge is 0.203 e. The monoisotopic (exact) mass is 243 g/mol. The van der Waals surface area contributed by atoms with E-state index < -0.39 is 0 Å². The number of thioether (sulfide) groups is 1. The number of anilines is 1. The van der Waals surface area contributed by atoms with Crippen molar-refractivity contribution in [2.75, 3.05) is 31.0 Å². The van der Waals surface area contributed by atoms with Crippen LogP contribution < -0.4 is 5.32 Å². The third-order valence-electron chi connectivity index (χ3n) is 2.23. The van der Waals surface area contributed by atoms with E-state index in [0.717, 1.165) is 23.9 Å². The topological polar surface area (TPSA) is 39.1 Å². The predicted octanol–water partition coefficient (Wildman–Crippen LogP) is 2.00. The Labute approximate surface area is 102 Å². The Bertz CT molecular complexity index is 314. The Morgan fingerprint density at radius 1 is 1.62 bits per heavy atom. The molecule has 1 aromatic rings. The molecule has 0 saturated heterocycles. The molecule has 1 unspecified atom stereocenters. The van der Waals surface area contributed by atoms with Gasteiger partial charge in [-0.2, -0.15) is 11.8 Å². The average molecular weight is 243 g/mol. The lowest BCUT2D eigenvalue weighted by molar-refractivity contribution is 0.190. The molecule has 0 bridgehead atoms. The van der Waals surface area contributed by atoms with Gasteiger partial charge in [-0.25, -0.2) is 4.98 Å². The molecule has 5 heteroatoms. The summed E-state index contributed by atoms with van der Waals surface area (Å²) < 4.78 is 7.26. The number of nitrogens with zero attached hydrogens (tertiary/aromatic N) is 2. The normalized spacial score (nSPS) is 12.8. The lowest BCUT2D eigenvalue weighted by Crippen LogP contribution is -2.23. The van der Waals surface area contributed by atoms with Crippen LogP contribution in [0.5, 0.6) is 0 Å². The van der Waals surface area contributed by atoms with Crippen LogP contribution in [0.3, 0.4) is 0 Å². The fourth-order valence-corrected chi connectivity index (χ4v) is 1.91. The van der Waals surface area contributed by atoms with Crippen LogP contribution in [-0.2, 0) is 11.3 Å². The Balaban J connectivity index is 2.62. The quantitative estimate of drug-likeness (QED) is 0.795. The van der Waals surface area contributed by atoms with Crippen LogP contribution in [0.25, 0.3) is 0 Å². The maximum absolute atomic E-state index is 5.10. The minimum absolute atomic E-state index is 0.278. The largest absolute Gasteiger partial charge is 0.383 e. The molecule has 0 aliphatic heterocycles. The molecule has 4 nitrogen and oxygen atoms in total. The molecule has 0 radical (unpaired) electrons. The van der Waals surface area contributed by atoms with E-state index in [1.165, 1.54) is 0 Å². The van der Waals surface area contributed by atoms with E-state index in [0.29, 0.717) is 6.61 Å². The van der Waals surface area contributed by atoms with Gasteiger partial charge in [0, 0.05) is 31.6 Å². The first kappa shape index (κ1) is 13.4. The van der Waals surface area contributed by atoms with Crippen molar-refractivity contribution >= 4 is 17.7 Å². The maximum Gasteiger partial charge on any atom is 0.203 e. The molecule has 1 N–H and O–H groups in total. The highest BCUT2D eigenvalue weighted by atomic mass is 32.2. The van der Waals surface area contributed by atoms with E-state index in [4.69, 9.17) is 4.74 Å². The van der Waals surface area contributed by atoms with Gasteiger partial charge in [-0.1, -0.05) is 0 Å². The lowest BCUT2D eigenvalue weighted by atomic mass is 10.4. The fraction of sp³-hybridized carbons (Fsp3) is 0.727. The summed E-state index contributed by atoms with van der Waals surface area (Å²) in [6, 6.07) is 0.278. The van der Waals surface area contributed by atoms with E-state index in [9.17, 15) is 0 Å². The molecule has 1 atom stereocenters. The van der Waals surface area contributed by atoms with Crippen molar-refractivity contribution in [1.29, 1.82) is 0 Å². The standard InChI is InChI=1S/C11H21N3OS/c1-9-7-14(5-6-16-4)11(12-9)13-10(2)8-15-3/h7,10H,5-6,8H2,1-4H3,(H,12,13).